The molecule has 5 nitrogen and oxygen atoms in total. The molecule has 1 aromatic carbocycles. The van der Waals surface area contributed by atoms with Gasteiger partial charge in [-0.3, -0.25) is 4.79 Å². The van der Waals surface area contributed by atoms with Gasteiger partial charge in [-0.05, 0) is 41.9 Å². The van der Waals surface area contributed by atoms with Gasteiger partial charge < -0.3 is 15.4 Å². The number of fused-ring (bicyclic) bond motifs is 1. The van der Waals surface area contributed by atoms with Crippen LogP contribution in [0.15, 0.2) is 24.4 Å². The number of hydrogen-bond donors (Lipinski definition) is 3. The number of carbonyl (C=O) groups excluding carboxylic acids is 1. The molecule has 1 aliphatic heterocycles. The van der Waals surface area contributed by atoms with E-state index in [1.165, 1.54) is 5.56 Å². The number of benzene rings is 1. The molecule has 2 aromatic rings. The lowest BCUT2D eigenvalue weighted by Crippen LogP contribution is -2.56. The van der Waals surface area contributed by atoms with Crippen molar-refractivity contribution in [2.45, 2.75) is 38.1 Å². The van der Waals surface area contributed by atoms with Crippen LogP contribution in [0, 0.1) is 0 Å². The van der Waals surface area contributed by atoms with E-state index in [1.807, 2.05) is 18.3 Å². The van der Waals surface area contributed by atoms with Crippen LogP contribution in [0.2, 0.25) is 0 Å². The van der Waals surface area contributed by atoms with Crippen molar-refractivity contribution in [3.8, 4) is 0 Å². The smallest absolute Gasteiger partial charge is 0.329 e. The zero-order chi connectivity index (χ0) is 17.2. The zero-order valence-corrected chi connectivity index (χ0v) is 14.5. The highest BCUT2D eigenvalue weighted by Gasteiger charge is 2.41. The van der Waals surface area contributed by atoms with Crippen molar-refractivity contribution in [1.82, 2.24) is 10.3 Å². The van der Waals surface area contributed by atoms with Crippen molar-refractivity contribution in [3.05, 3.63) is 35.5 Å². The van der Waals surface area contributed by atoms with Crippen LogP contribution in [-0.2, 0) is 22.4 Å². The maximum atomic E-state index is 12.5. The van der Waals surface area contributed by atoms with Crippen LogP contribution < -0.4 is 5.32 Å². The predicted molar refractivity (Wildman–Crippen MR) is 96.4 cm³/mol. The van der Waals surface area contributed by atoms with Crippen molar-refractivity contribution in [2.75, 3.05) is 11.5 Å². The topological polar surface area (TPSA) is 82.2 Å². The number of H-pyrrole nitrogens is 1. The molecular weight excluding hydrogens is 324 g/mol. The number of aromatic amines is 1. The molecule has 0 bridgehead atoms. The zero-order valence-electron chi connectivity index (χ0n) is 13.7. The van der Waals surface area contributed by atoms with E-state index in [9.17, 15) is 14.7 Å². The summed E-state index contributed by atoms with van der Waals surface area (Å²) in [5.74, 6) is 0.370. The maximum absolute atomic E-state index is 12.5. The Hall–Kier alpha value is -1.95. The number of aliphatic carboxylic acids is 1. The Bertz CT molecular complexity index is 763. The number of para-hydroxylation sites is 1. The molecule has 0 unspecified atom stereocenters. The molecule has 0 spiro atoms. The third-order valence-electron chi connectivity index (χ3n) is 4.75. The molecule has 2 heterocycles. The van der Waals surface area contributed by atoms with Gasteiger partial charge in [-0.2, -0.15) is 11.8 Å². The summed E-state index contributed by atoms with van der Waals surface area (Å²) in [4.78, 5) is 27.4. The van der Waals surface area contributed by atoms with Crippen LogP contribution in [0.25, 0.3) is 10.9 Å². The van der Waals surface area contributed by atoms with E-state index in [0.717, 1.165) is 34.4 Å². The van der Waals surface area contributed by atoms with Crippen LogP contribution >= 0.6 is 11.8 Å². The number of amides is 1. The Morgan fingerprint density at radius 1 is 1.29 bits per heavy atom. The minimum atomic E-state index is -1.11. The summed E-state index contributed by atoms with van der Waals surface area (Å²) in [5, 5.41) is 13.4. The van der Waals surface area contributed by atoms with Gasteiger partial charge in [-0.15, -0.1) is 0 Å². The van der Waals surface area contributed by atoms with Crippen molar-refractivity contribution >= 4 is 34.5 Å². The standard InChI is InChI=1S/C18H22N2O3S/c1-2-12-4-3-5-14-13(11-19-16(12)14)10-15(21)20-18(17(22)23)6-8-24-9-7-18/h3-5,11,19H,2,6-10H2,1H3,(H,20,21)(H,22,23). The minimum Gasteiger partial charge on any atom is -0.480 e. The van der Waals surface area contributed by atoms with Gasteiger partial charge in [0.15, 0.2) is 0 Å². The highest BCUT2D eigenvalue weighted by Crippen LogP contribution is 2.28. The molecule has 0 aliphatic carbocycles. The Kier molecular flexibility index (Phi) is 4.85. The maximum Gasteiger partial charge on any atom is 0.329 e. The van der Waals surface area contributed by atoms with E-state index < -0.39 is 11.5 Å². The Morgan fingerprint density at radius 2 is 2.04 bits per heavy atom. The molecule has 1 amide bonds. The number of carbonyl (C=O) groups is 2. The second-order valence-electron chi connectivity index (χ2n) is 6.23. The summed E-state index contributed by atoms with van der Waals surface area (Å²) >= 11 is 1.73. The lowest BCUT2D eigenvalue weighted by atomic mass is 9.92. The number of nitrogens with one attached hydrogen (secondary N) is 2. The second-order valence-corrected chi connectivity index (χ2v) is 7.46. The van der Waals surface area contributed by atoms with Gasteiger partial charge >= 0.3 is 5.97 Å². The van der Waals surface area contributed by atoms with Crippen molar-refractivity contribution < 1.29 is 14.7 Å². The largest absolute Gasteiger partial charge is 0.480 e. The minimum absolute atomic E-state index is 0.190. The van der Waals surface area contributed by atoms with Gasteiger partial charge in [0, 0.05) is 17.1 Å². The molecule has 1 aromatic heterocycles. The molecule has 3 rings (SSSR count). The quantitative estimate of drug-likeness (QED) is 0.777. The van der Waals surface area contributed by atoms with Crippen LogP contribution in [0.3, 0.4) is 0 Å². The fourth-order valence-electron chi connectivity index (χ4n) is 3.31. The van der Waals surface area contributed by atoms with E-state index in [4.69, 9.17) is 0 Å². The molecule has 0 atom stereocenters. The Morgan fingerprint density at radius 3 is 2.71 bits per heavy atom. The highest BCUT2D eigenvalue weighted by molar-refractivity contribution is 7.99. The third kappa shape index (κ3) is 3.15. The third-order valence-corrected chi connectivity index (χ3v) is 5.74. The summed E-state index contributed by atoms with van der Waals surface area (Å²) in [5.41, 5.74) is 2.07. The Balaban J connectivity index is 1.78. The molecule has 3 N–H and O–H groups in total. The first kappa shape index (κ1) is 16.9. The van der Waals surface area contributed by atoms with E-state index in [1.54, 1.807) is 11.8 Å². The molecule has 128 valence electrons. The summed E-state index contributed by atoms with van der Waals surface area (Å²) < 4.78 is 0. The fourth-order valence-corrected chi connectivity index (χ4v) is 4.50. The highest BCUT2D eigenvalue weighted by atomic mass is 32.2. The van der Waals surface area contributed by atoms with E-state index in [2.05, 4.69) is 23.3 Å². The van der Waals surface area contributed by atoms with Crippen LogP contribution in [0.5, 0.6) is 0 Å². The number of aryl methyl sites for hydroxylation is 1. The molecule has 0 radical (unpaired) electrons. The number of carboxylic acid groups (broad SMARTS) is 1. The van der Waals surface area contributed by atoms with E-state index in [-0.39, 0.29) is 12.3 Å². The monoisotopic (exact) mass is 346 g/mol. The SMILES string of the molecule is CCc1cccc2c(CC(=O)NC3(C(=O)O)CCSCC3)c[nH]c12. The van der Waals surface area contributed by atoms with Gasteiger partial charge in [0.05, 0.1) is 6.42 Å². The molecule has 24 heavy (non-hydrogen) atoms. The average molecular weight is 346 g/mol. The number of aromatic nitrogens is 1. The molecule has 0 saturated carbocycles. The van der Waals surface area contributed by atoms with E-state index in [0.29, 0.717) is 12.8 Å². The summed E-state index contributed by atoms with van der Waals surface area (Å²) in [7, 11) is 0. The Labute approximate surface area is 145 Å². The number of carboxylic acids is 1. The van der Waals surface area contributed by atoms with Crippen LogP contribution in [0.4, 0.5) is 0 Å². The predicted octanol–water partition coefficient (Wildman–Crippen LogP) is 2.74. The van der Waals surface area contributed by atoms with Crippen molar-refractivity contribution in [1.29, 1.82) is 0 Å². The van der Waals surface area contributed by atoms with Gasteiger partial charge in [-0.1, -0.05) is 25.1 Å². The van der Waals surface area contributed by atoms with Crippen LogP contribution in [-0.4, -0.2) is 39.0 Å². The van der Waals surface area contributed by atoms with Gasteiger partial charge in [0.1, 0.15) is 5.54 Å². The van der Waals surface area contributed by atoms with Crippen molar-refractivity contribution in [2.24, 2.45) is 0 Å². The fraction of sp³-hybridized carbons (Fsp3) is 0.444. The first-order valence-corrected chi connectivity index (χ1v) is 9.41. The molecule has 1 fully saturated rings. The summed E-state index contributed by atoms with van der Waals surface area (Å²) in [6, 6.07) is 6.06. The first-order valence-electron chi connectivity index (χ1n) is 8.26. The van der Waals surface area contributed by atoms with Gasteiger partial charge in [0.2, 0.25) is 5.91 Å². The number of thioether (sulfide) groups is 1. The molecular formula is C18H22N2O3S. The average Bonchev–Trinajstić information content (AvgIpc) is 2.98. The van der Waals surface area contributed by atoms with Crippen molar-refractivity contribution in [3.63, 3.8) is 0 Å². The second kappa shape index (κ2) is 6.89. The lowest BCUT2D eigenvalue weighted by molar-refractivity contribution is -0.148. The number of rotatable bonds is 5. The molecule has 1 aliphatic rings. The summed E-state index contributed by atoms with van der Waals surface area (Å²) in [6.45, 7) is 2.10. The number of hydrogen-bond acceptors (Lipinski definition) is 3. The first-order chi connectivity index (χ1) is 11.6. The molecule has 1 saturated heterocycles. The van der Waals surface area contributed by atoms with Gasteiger partial charge in [-0.25, -0.2) is 4.79 Å². The van der Waals surface area contributed by atoms with Crippen LogP contribution in [0.1, 0.15) is 30.9 Å². The summed E-state index contributed by atoms with van der Waals surface area (Å²) in [6.07, 6.45) is 3.92. The van der Waals surface area contributed by atoms with Gasteiger partial charge in [0.25, 0.3) is 0 Å². The molecule has 6 heteroatoms. The van der Waals surface area contributed by atoms with E-state index >= 15 is 0 Å². The normalized spacial score (nSPS) is 16.9. The lowest BCUT2D eigenvalue weighted by Gasteiger charge is -2.33.